The summed E-state index contributed by atoms with van der Waals surface area (Å²) in [4.78, 5) is 52.1. The Balaban J connectivity index is 1.27. The first-order valence-electron chi connectivity index (χ1n) is 14.2. The molecular weight excluding hydrogens is 546 g/mol. The van der Waals surface area contributed by atoms with Crippen LogP contribution in [0, 0.1) is 0 Å². The molecule has 0 fully saturated rings. The van der Waals surface area contributed by atoms with E-state index >= 15 is 0 Å². The van der Waals surface area contributed by atoms with Gasteiger partial charge in [-0.15, -0.1) is 0 Å². The molecule has 3 amide bonds. The molecule has 0 aliphatic carbocycles. The molecule has 1 aromatic carbocycles. The van der Waals surface area contributed by atoms with Crippen molar-refractivity contribution in [3.8, 4) is 0 Å². The molecule has 3 aromatic heterocycles. The molecule has 11 heteroatoms. The zero-order valence-corrected chi connectivity index (χ0v) is 25.1. The van der Waals surface area contributed by atoms with Crippen LogP contribution in [0.3, 0.4) is 0 Å². The summed E-state index contributed by atoms with van der Waals surface area (Å²) in [5.74, 6) is -0.0494. The van der Waals surface area contributed by atoms with Crippen LogP contribution < -0.4 is 16.0 Å². The molecule has 0 atom stereocenters. The predicted octanol–water partition coefficient (Wildman–Crippen LogP) is 4.97. The number of aromatic amines is 1. The summed E-state index contributed by atoms with van der Waals surface area (Å²) < 4.78 is 5.25. The molecule has 4 N–H and O–H groups in total. The molecule has 0 saturated heterocycles. The largest absolute Gasteiger partial charge is 0.444 e. The summed E-state index contributed by atoms with van der Waals surface area (Å²) >= 11 is 0. The number of pyridine rings is 2. The third-order valence-electron chi connectivity index (χ3n) is 7.22. The number of hydrogen-bond donors (Lipinski definition) is 4. The lowest BCUT2D eigenvalue weighted by atomic mass is 9.78. The fourth-order valence-electron chi connectivity index (χ4n) is 5.32. The Bertz CT molecular complexity index is 1670. The van der Waals surface area contributed by atoms with Crippen LogP contribution in [0.2, 0.25) is 0 Å². The van der Waals surface area contributed by atoms with E-state index in [0.717, 1.165) is 27.7 Å². The van der Waals surface area contributed by atoms with Gasteiger partial charge in [0, 0.05) is 54.7 Å². The molecule has 1 aliphatic heterocycles. The maximum Gasteiger partial charge on any atom is 0.408 e. The van der Waals surface area contributed by atoms with Crippen LogP contribution in [0.5, 0.6) is 0 Å². The highest BCUT2D eigenvalue weighted by Gasteiger charge is 2.34. The monoisotopic (exact) mass is 583 g/mol. The average Bonchev–Trinajstić information content (AvgIpc) is 3.43. The lowest BCUT2D eigenvalue weighted by molar-refractivity contribution is -0.132. The molecule has 0 bridgehead atoms. The standard InChI is InChI=1S/C32H37N7O4/c1-31(2,3)43-30(42)37-17-26(40)39-18-21-15-22(8-9-25(21)32(4,5)19-39)38-29(41)24-7-6-12-33-28(24)36-16-20-10-13-34-27-23(20)11-14-35-27/h6-15H,16-19H2,1-5H3,(H,33,36)(H,34,35)(H,37,42)(H,38,41). The number of alkyl carbamates (subject to hydrolysis) is 1. The van der Waals surface area contributed by atoms with Gasteiger partial charge in [-0.2, -0.15) is 0 Å². The van der Waals surface area contributed by atoms with Crippen LogP contribution in [0.1, 0.15) is 61.7 Å². The van der Waals surface area contributed by atoms with E-state index in [9.17, 15) is 14.4 Å². The third-order valence-corrected chi connectivity index (χ3v) is 7.22. The van der Waals surface area contributed by atoms with Crippen molar-refractivity contribution in [3.63, 3.8) is 0 Å². The molecule has 4 aromatic rings. The van der Waals surface area contributed by atoms with Crippen molar-refractivity contribution in [1.82, 2.24) is 25.2 Å². The van der Waals surface area contributed by atoms with Gasteiger partial charge in [-0.3, -0.25) is 9.59 Å². The second kappa shape index (κ2) is 11.7. The number of nitrogens with zero attached hydrogens (tertiary/aromatic N) is 3. The molecule has 1 aliphatic rings. The maximum absolute atomic E-state index is 13.4. The van der Waals surface area contributed by atoms with Gasteiger partial charge in [0.05, 0.1) is 5.56 Å². The molecule has 43 heavy (non-hydrogen) atoms. The minimum atomic E-state index is -0.651. The molecule has 0 unspecified atom stereocenters. The minimum Gasteiger partial charge on any atom is -0.444 e. The number of nitrogens with one attached hydrogen (secondary N) is 4. The van der Waals surface area contributed by atoms with E-state index in [1.165, 1.54) is 0 Å². The Morgan fingerprint density at radius 1 is 1.07 bits per heavy atom. The smallest absolute Gasteiger partial charge is 0.408 e. The third kappa shape index (κ3) is 6.94. The fraction of sp³-hybridized carbons (Fsp3) is 0.344. The summed E-state index contributed by atoms with van der Waals surface area (Å²) in [6.45, 7) is 10.6. The number of amides is 3. The average molecular weight is 584 g/mol. The molecule has 5 rings (SSSR count). The summed E-state index contributed by atoms with van der Waals surface area (Å²) in [7, 11) is 0. The molecule has 4 heterocycles. The van der Waals surface area contributed by atoms with Gasteiger partial charge in [0.15, 0.2) is 0 Å². The van der Waals surface area contributed by atoms with Crippen molar-refractivity contribution < 1.29 is 19.1 Å². The van der Waals surface area contributed by atoms with Gasteiger partial charge in [-0.05, 0) is 73.9 Å². The van der Waals surface area contributed by atoms with Crippen molar-refractivity contribution in [2.24, 2.45) is 0 Å². The van der Waals surface area contributed by atoms with Crippen molar-refractivity contribution in [2.75, 3.05) is 23.7 Å². The lowest BCUT2D eigenvalue weighted by Crippen LogP contribution is -2.48. The first kappa shape index (κ1) is 29.6. The van der Waals surface area contributed by atoms with Crippen molar-refractivity contribution in [3.05, 3.63) is 83.3 Å². The van der Waals surface area contributed by atoms with E-state index < -0.39 is 11.7 Å². The van der Waals surface area contributed by atoms with E-state index in [1.54, 1.807) is 50.2 Å². The van der Waals surface area contributed by atoms with Crippen LogP contribution in [0.4, 0.5) is 16.3 Å². The van der Waals surface area contributed by atoms with Gasteiger partial charge in [-0.1, -0.05) is 19.9 Å². The van der Waals surface area contributed by atoms with E-state index in [1.807, 2.05) is 36.5 Å². The Morgan fingerprint density at radius 2 is 1.88 bits per heavy atom. The van der Waals surface area contributed by atoms with Gasteiger partial charge in [0.25, 0.3) is 5.91 Å². The summed E-state index contributed by atoms with van der Waals surface area (Å²) in [5.41, 5.74) is 3.90. The highest BCUT2D eigenvalue weighted by molar-refractivity contribution is 6.07. The van der Waals surface area contributed by atoms with E-state index in [4.69, 9.17) is 4.74 Å². The van der Waals surface area contributed by atoms with Crippen LogP contribution in [-0.2, 0) is 28.0 Å². The van der Waals surface area contributed by atoms with Gasteiger partial charge in [-0.25, -0.2) is 14.8 Å². The Kier molecular flexibility index (Phi) is 8.08. The predicted molar refractivity (Wildman–Crippen MR) is 165 cm³/mol. The van der Waals surface area contributed by atoms with E-state index in [0.29, 0.717) is 36.7 Å². The number of aromatic nitrogens is 3. The molecule has 224 valence electrons. The molecule has 0 saturated carbocycles. The van der Waals surface area contributed by atoms with Crippen LogP contribution in [0.15, 0.2) is 61.1 Å². The maximum atomic E-state index is 13.4. The van der Waals surface area contributed by atoms with Gasteiger partial charge >= 0.3 is 6.09 Å². The first-order valence-corrected chi connectivity index (χ1v) is 14.2. The minimum absolute atomic E-state index is 0.164. The zero-order chi connectivity index (χ0) is 30.8. The number of anilines is 2. The number of rotatable bonds is 7. The van der Waals surface area contributed by atoms with Crippen LogP contribution in [0.25, 0.3) is 11.0 Å². The van der Waals surface area contributed by atoms with Crippen LogP contribution >= 0.6 is 0 Å². The number of benzene rings is 1. The van der Waals surface area contributed by atoms with Gasteiger partial charge in [0.1, 0.15) is 23.6 Å². The fourth-order valence-corrected chi connectivity index (χ4v) is 5.32. The molecular formula is C32H37N7O4. The Hall–Kier alpha value is -4.93. The topological polar surface area (TPSA) is 141 Å². The quantitative estimate of drug-likeness (QED) is 0.241. The zero-order valence-electron chi connectivity index (χ0n) is 25.1. The SMILES string of the molecule is CC(C)(C)OC(=O)NCC(=O)N1Cc2cc(NC(=O)c3cccnc3NCc3ccnc4[nH]ccc34)ccc2C(C)(C)C1. The summed E-state index contributed by atoms with van der Waals surface area (Å²) in [6, 6.07) is 13.1. The Morgan fingerprint density at radius 3 is 2.67 bits per heavy atom. The van der Waals surface area contributed by atoms with Gasteiger partial charge in [0.2, 0.25) is 5.91 Å². The number of ether oxygens (including phenoxy) is 1. The second-order valence-electron chi connectivity index (χ2n) is 12.3. The molecule has 11 nitrogen and oxygen atoms in total. The number of hydrogen-bond acceptors (Lipinski definition) is 7. The normalized spacial score (nSPS) is 14.1. The number of carbonyl (C=O) groups is 3. The summed E-state index contributed by atoms with van der Waals surface area (Å²) in [5, 5.41) is 9.84. The highest BCUT2D eigenvalue weighted by Crippen LogP contribution is 2.35. The summed E-state index contributed by atoms with van der Waals surface area (Å²) in [6.07, 6.45) is 4.59. The van der Waals surface area contributed by atoms with E-state index in [2.05, 4.69) is 44.7 Å². The van der Waals surface area contributed by atoms with E-state index in [-0.39, 0.29) is 23.8 Å². The van der Waals surface area contributed by atoms with Crippen molar-refractivity contribution in [1.29, 1.82) is 0 Å². The second-order valence-corrected chi connectivity index (χ2v) is 12.3. The first-order chi connectivity index (χ1) is 20.4. The van der Waals surface area contributed by atoms with Gasteiger partial charge < -0.3 is 30.6 Å². The number of carbonyl (C=O) groups excluding carboxylic acids is 3. The number of H-pyrrole nitrogens is 1. The molecule has 0 radical (unpaired) electrons. The number of fused-ring (bicyclic) bond motifs is 2. The molecule has 0 spiro atoms. The van der Waals surface area contributed by atoms with Crippen molar-refractivity contribution in [2.45, 2.75) is 58.7 Å². The van der Waals surface area contributed by atoms with Crippen LogP contribution in [-0.4, -0.2) is 56.5 Å². The highest BCUT2D eigenvalue weighted by atomic mass is 16.6. The van der Waals surface area contributed by atoms with Crippen molar-refractivity contribution >= 4 is 40.4 Å². The lowest BCUT2D eigenvalue weighted by Gasteiger charge is -2.40. The Labute approximate surface area is 250 Å².